The molecule has 0 aliphatic heterocycles. The fourth-order valence-corrected chi connectivity index (χ4v) is 18.2. The Bertz CT molecular complexity index is 3060. The van der Waals surface area contributed by atoms with Gasteiger partial charge >= 0.3 is 0 Å². The largest absolute Gasteiger partial charge is 0.176 e. The van der Waals surface area contributed by atoms with Crippen molar-refractivity contribution in [1.29, 1.82) is 0 Å². The Kier molecular flexibility index (Phi) is 16.7. The highest BCUT2D eigenvalue weighted by Crippen LogP contribution is 2.42. The normalized spacial score (nSPS) is 13.7. The molecule has 7 heteroatoms. The van der Waals surface area contributed by atoms with Crippen molar-refractivity contribution in [2.45, 2.75) is 66.2 Å². The summed E-state index contributed by atoms with van der Waals surface area (Å²) in [4.78, 5) is 0. The lowest BCUT2D eigenvalue weighted by molar-refractivity contribution is 0.851. The van der Waals surface area contributed by atoms with Gasteiger partial charge in [-0.15, -0.1) is 0 Å². The minimum atomic E-state index is -3.43. The highest BCUT2D eigenvalue weighted by Gasteiger charge is 2.49. The molecule has 9 aromatic rings. The Morgan fingerprint density at radius 3 is 0.645 bits per heavy atom. The summed E-state index contributed by atoms with van der Waals surface area (Å²) < 4.78 is 0. The van der Waals surface area contributed by atoms with Crippen molar-refractivity contribution >= 4 is 93.2 Å². The highest BCUT2D eigenvalue weighted by atomic mass is 35.5. The molecular weight excluding hydrogens is 1070 g/mol. The number of hydrogen-bond acceptors (Lipinski definition) is 0. The maximum atomic E-state index is 6.53. The predicted octanol–water partition coefficient (Wildman–Crippen LogP) is 18.5. The average Bonchev–Trinajstić information content (AvgIpc) is 3.71. The Morgan fingerprint density at radius 2 is 0.474 bits per heavy atom. The van der Waals surface area contributed by atoms with E-state index in [1.807, 2.05) is 72.8 Å². The van der Waals surface area contributed by atoms with Crippen molar-refractivity contribution in [3.05, 3.63) is 319 Å². The van der Waals surface area contributed by atoms with Gasteiger partial charge in [-0.05, 0) is 226 Å². The molecule has 0 aromatic heterocycles. The van der Waals surface area contributed by atoms with Crippen molar-refractivity contribution in [2.75, 3.05) is 0 Å². The molecule has 9 aromatic carbocycles. The van der Waals surface area contributed by atoms with Crippen molar-refractivity contribution in [1.82, 2.24) is 0 Å². The van der Waals surface area contributed by atoms with Crippen LogP contribution in [-0.2, 0) is 38.5 Å². The fraction of sp³-hybridized carbons (Fsp3) is 0.159. The summed E-state index contributed by atoms with van der Waals surface area (Å²) >= 11 is 39.2. The minimum Gasteiger partial charge on any atom is -0.0843 e. The smallest absolute Gasteiger partial charge is 0.0843 e. The van der Waals surface area contributed by atoms with Crippen molar-refractivity contribution in [2.24, 2.45) is 5.92 Å². The van der Waals surface area contributed by atoms with Gasteiger partial charge in [0, 0.05) is 30.1 Å². The summed E-state index contributed by atoms with van der Waals surface area (Å²) in [5.41, 5.74) is 18.9. The Hall–Kier alpha value is -5.58. The SMILES string of the molecule is CC1=C(C)C(C)C([Si](c2cc(Cc3ccc(Cl)cc3)cc(Cc3ccc(Cl)cc3)c2)(c2cc(Cc3ccc(Cl)cc3)cc(Cc3ccc(Cl)cc3)c2)c2cc(Cc3ccc(Cl)cc3)cc(Cc3ccc(Cl)cc3)c2)=C1C. The second-order valence-corrected chi connectivity index (χ2v) is 27.1. The monoisotopic (exact) mass is 1120 g/mol. The number of hydrogen-bond donors (Lipinski definition) is 0. The van der Waals surface area contributed by atoms with Gasteiger partial charge < -0.3 is 0 Å². The fourth-order valence-electron chi connectivity index (χ4n) is 11.5. The summed E-state index contributed by atoms with van der Waals surface area (Å²) in [5, 5.41) is 9.94. The van der Waals surface area contributed by atoms with E-state index in [0.717, 1.165) is 68.7 Å². The first-order valence-corrected chi connectivity index (χ1v) is 30.2. The Balaban J connectivity index is 1.33. The van der Waals surface area contributed by atoms with Gasteiger partial charge in [0.15, 0.2) is 8.07 Å². The molecule has 1 aliphatic rings. The lowest BCUT2D eigenvalue weighted by atomic mass is 9.99. The lowest BCUT2D eigenvalue weighted by Gasteiger charge is -2.40. The zero-order valence-corrected chi connectivity index (χ0v) is 48.7. The van der Waals surface area contributed by atoms with E-state index < -0.39 is 8.07 Å². The third-order valence-electron chi connectivity index (χ3n) is 15.4. The Labute approximate surface area is 480 Å². The van der Waals surface area contributed by atoms with Gasteiger partial charge in [0.1, 0.15) is 0 Å². The van der Waals surface area contributed by atoms with Crippen LogP contribution in [0.5, 0.6) is 0 Å². The molecule has 0 bridgehead atoms. The molecule has 0 fully saturated rings. The van der Waals surface area contributed by atoms with Crippen LogP contribution in [0, 0.1) is 5.92 Å². The summed E-state index contributed by atoms with van der Waals surface area (Å²) in [7, 11) is -3.43. The maximum absolute atomic E-state index is 6.53. The zero-order valence-electron chi connectivity index (χ0n) is 43.1. The first kappa shape index (κ1) is 53.8. The van der Waals surface area contributed by atoms with E-state index in [4.69, 9.17) is 69.6 Å². The third-order valence-corrected chi connectivity index (χ3v) is 22.0. The molecule has 10 rings (SSSR count). The van der Waals surface area contributed by atoms with Crippen LogP contribution >= 0.6 is 69.6 Å². The van der Waals surface area contributed by atoms with E-state index in [1.165, 1.54) is 104 Å². The molecule has 0 radical (unpaired) electrons. The van der Waals surface area contributed by atoms with E-state index in [1.54, 1.807) is 0 Å². The topological polar surface area (TPSA) is 0 Å². The van der Waals surface area contributed by atoms with Crippen LogP contribution in [0.25, 0.3) is 0 Å². The van der Waals surface area contributed by atoms with Crippen LogP contribution in [0.3, 0.4) is 0 Å². The van der Waals surface area contributed by atoms with Gasteiger partial charge in [-0.2, -0.15) is 0 Å². The predicted molar refractivity (Wildman–Crippen MR) is 330 cm³/mol. The summed E-state index contributed by atoms with van der Waals surface area (Å²) in [5.74, 6) is 0.158. The molecule has 1 aliphatic carbocycles. The van der Waals surface area contributed by atoms with Crippen molar-refractivity contribution in [3.8, 4) is 0 Å². The number of halogens is 6. The standard InChI is InChI=1S/C69H58Cl6Si/c1-44-45(2)47(4)69(46(44)3)76(66-38-54(29-48-5-17-60(70)18-6-48)35-55(39-66)30-49-7-19-61(71)20-8-49,67-40-56(31-50-9-21-62(72)22-10-50)36-57(41-67)32-51-11-23-63(73)24-12-51)68-42-58(33-52-13-25-64(74)26-14-52)37-59(43-68)34-53-15-27-65(75)28-16-53/h5-28,35-43,46H,29-34H2,1-4H3. The molecule has 76 heavy (non-hydrogen) atoms. The molecule has 0 amide bonds. The van der Waals surface area contributed by atoms with Crippen molar-refractivity contribution in [3.63, 3.8) is 0 Å². The number of allylic oxidation sites excluding steroid dienone is 4. The van der Waals surface area contributed by atoms with Crippen LogP contribution in [0.1, 0.15) is 94.5 Å². The van der Waals surface area contributed by atoms with Crippen LogP contribution in [0.4, 0.5) is 0 Å². The van der Waals surface area contributed by atoms with Crippen LogP contribution in [0.2, 0.25) is 30.1 Å². The molecule has 0 saturated heterocycles. The second-order valence-electron chi connectivity index (χ2n) is 20.8. The van der Waals surface area contributed by atoms with Crippen LogP contribution in [-0.4, -0.2) is 8.07 Å². The molecule has 1 atom stereocenters. The Morgan fingerprint density at radius 1 is 0.276 bits per heavy atom. The van der Waals surface area contributed by atoms with Gasteiger partial charge in [0.25, 0.3) is 0 Å². The highest BCUT2D eigenvalue weighted by molar-refractivity contribution is 7.16. The molecular formula is C69H58Cl6Si. The third kappa shape index (κ3) is 12.4. The summed E-state index contributed by atoms with van der Waals surface area (Å²) in [6, 6.07) is 72.6. The van der Waals surface area contributed by atoms with Gasteiger partial charge in [0.2, 0.25) is 0 Å². The molecule has 0 saturated carbocycles. The minimum absolute atomic E-state index is 0.158. The van der Waals surface area contributed by atoms with Gasteiger partial charge in [-0.1, -0.05) is 220 Å². The first-order valence-electron chi connectivity index (χ1n) is 25.9. The quantitative estimate of drug-likeness (QED) is 0.0668. The van der Waals surface area contributed by atoms with Gasteiger partial charge in [-0.25, -0.2) is 0 Å². The summed E-state index contributed by atoms with van der Waals surface area (Å²) in [6.45, 7) is 9.54. The van der Waals surface area contributed by atoms with Gasteiger partial charge in [-0.3, -0.25) is 0 Å². The van der Waals surface area contributed by atoms with Crippen LogP contribution < -0.4 is 15.6 Å². The molecule has 0 spiro atoms. The summed E-state index contributed by atoms with van der Waals surface area (Å²) in [6.07, 6.45) is 4.44. The maximum Gasteiger partial charge on any atom is 0.176 e. The second kappa shape index (κ2) is 23.6. The molecule has 380 valence electrons. The van der Waals surface area contributed by atoms with Crippen molar-refractivity contribution < 1.29 is 0 Å². The first-order chi connectivity index (χ1) is 36.6. The van der Waals surface area contributed by atoms with E-state index in [0.29, 0.717) is 0 Å². The zero-order chi connectivity index (χ0) is 53.1. The van der Waals surface area contributed by atoms with E-state index in [9.17, 15) is 0 Å². The van der Waals surface area contributed by atoms with E-state index in [2.05, 4.69) is 155 Å². The molecule has 0 nitrogen and oxygen atoms in total. The molecule has 1 unspecified atom stereocenters. The molecule has 0 heterocycles. The van der Waals surface area contributed by atoms with E-state index >= 15 is 0 Å². The molecule has 0 N–H and O–H groups in total. The van der Waals surface area contributed by atoms with E-state index in [-0.39, 0.29) is 5.92 Å². The van der Waals surface area contributed by atoms with Gasteiger partial charge in [0.05, 0.1) is 0 Å². The number of rotatable bonds is 16. The average molecular weight is 1130 g/mol. The van der Waals surface area contributed by atoms with Crippen LogP contribution in [0.15, 0.2) is 222 Å². The lowest BCUT2D eigenvalue weighted by Crippen LogP contribution is -2.70. The number of benzene rings is 9.